The van der Waals surface area contributed by atoms with E-state index < -0.39 is 0 Å². The summed E-state index contributed by atoms with van der Waals surface area (Å²) in [4.78, 5) is 4.09. The molecule has 0 radical (unpaired) electrons. The number of nitrogens with one attached hydrogen (secondary N) is 1. The van der Waals surface area contributed by atoms with Gasteiger partial charge in [-0.15, -0.1) is 0 Å². The summed E-state index contributed by atoms with van der Waals surface area (Å²) in [5.41, 5.74) is 2.53. The summed E-state index contributed by atoms with van der Waals surface area (Å²) in [7, 11) is 0. The Hall–Kier alpha value is -1.61. The highest BCUT2D eigenvalue weighted by atomic mass is 15.0. The Morgan fingerprint density at radius 2 is 1.81 bits per heavy atom. The molecule has 1 unspecified atom stereocenters. The molecule has 0 spiro atoms. The molecule has 1 atom stereocenters. The van der Waals surface area contributed by atoms with Gasteiger partial charge in [-0.2, -0.15) is 0 Å². The molecule has 1 aliphatic rings. The van der Waals surface area contributed by atoms with E-state index in [0.29, 0.717) is 12.1 Å². The first-order valence-corrected chi connectivity index (χ1v) is 8.17. The van der Waals surface area contributed by atoms with Crippen LogP contribution in [-0.2, 0) is 0 Å². The second kappa shape index (κ2) is 6.90. The highest BCUT2D eigenvalue weighted by Crippen LogP contribution is 2.21. The van der Waals surface area contributed by atoms with Crippen LogP contribution in [-0.4, -0.2) is 15.6 Å². The van der Waals surface area contributed by atoms with E-state index in [4.69, 9.17) is 0 Å². The van der Waals surface area contributed by atoms with Gasteiger partial charge in [0.05, 0.1) is 6.33 Å². The van der Waals surface area contributed by atoms with Crippen molar-refractivity contribution in [1.29, 1.82) is 0 Å². The van der Waals surface area contributed by atoms with Gasteiger partial charge in [0, 0.05) is 30.2 Å². The zero-order chi connectivity index (χ0) is 14.5. The number of hydrogen-bond acceptors (Lipinski definition) is 2. The summed E-state index contributed by atoms with van der Waals surface area (Å²) >= 11 is 0. The first-order valence-electron chi connectivity index (χ1n) is 8.17. The Labute approximate surface area is 127 Å². The summed E-state index contributed by atoms with van der Waals surface area (Å²) in [6.45, 7) is 2.27. The van der Waals surface area contributed by atoms with Crippen molar-refractivity contribution in [3.05, 3.63) is 48.5 Å². The van der Waals surface area contributed by atoms with Gasteiger partial charge >= 0.3 is 0 Å². The summed E-state index contributed by atoms with van der Waals surface area (Å²) in [5.74, 6) is 0. The van der Waals surface area contributed by atoms with Crippen LogP contribution in [0, 0.1) is 0 Å². The Balaban J connectivity index is 1.63. The largest absolute Gasteiger partial charge is 0.307 e. The molecule has 1 fully saturated rings. The minimum Gasteiger partial charge on any atom is -0.307 e. The maximum Gasteiger partial charge on any atom is 0.0991 e. The zero-order valence-corrected chi connectivity index (χ0v) is 12.8. The molecule has 0 saturated heterocycles. The number of benzene rings is 1. The van der Waals surface area contributed by atoms with E-state index in [2.05, 4.69) is 41.5 Å². The fourth-order valence-corrected chi connectivity index (χ4v) is 3.24. The third-order valence-electron chi connectivity index (χ3n) is 4.54. The van der Waals surface area contributed by atoms with Crippen LogP contribution in [0.1, 0.15) is 57.1 Å². The smallest absolute Gasteiger partial charge is 0.0991 e. The van der Waals surface area contributed by atoms with Crippen molar-refractivity contribution in [2.45, 2.75) is 57.5 Å². The first-order chi connectivity index (χ1) is 10.3. The lowest BCUT2D eigenvalue weighted by Crippen LogP contribution is -2.31. The Kier molecular flexibility index (Phi) is 4.71. The van der Waals surface area contributed by atoms with Gasteiger partial charge < -0.3 is 9.88 Å². The van der Waals surface area contributed by atoms with Gasteiger partial charge in [0.1, 0.15) is 0 Å². The highest BCUT2D eigenvalue weighted by Gasteiger charge is 2.15. The van der Waals surface area contributed by atoms with E-state index in [1.165, 1.54) is 44.1 Å². The van der Waals surface area contributed by atoms with Crippen molar-refractivity contribution in [2.75, 3.05) is 0 Å². The van der Waals surface area contributed by atoms with Crippen LogP contribution in [0.4, 0.5) is 0 Å². The second-order valence-electron chi connectivity index (χ2n) is 6.14. The third-order valence-corrected chi connectivity index (χ3v) is 4.54. The van der Waals surface area contributed by atoms with Crippen molar-refractivity contribution in [2.24, 2.45) is 0 Å². The lowest BCUT2D eigenvalue weighted by molar-refractivity contribution is 0.414. The summed E-state index contributed by atoms with van der Waals surface area (Å²) in [6, 6.07) is 9.90. The second-order valence-corrected chi connectivity index (χ2v) is 6.14. The number of nitrogens with zero attached hydrogens (tertiary/aromatic N) is 2. The minimum absolute atomic E-state index is 0.421. The van der Waals surface area contributed by atoms with Crippen LogP contribution < -0.4 is 5.32 Å². The molecule has 1 heterocycles. The summed E-state index contributed by atoms with van der Waals surface area (Å²) in [5, 5.41) is 3.81. The number of aromatic nitrogens is 2. The Morgan fingerprint density at radius 3 is 2.43 bits per heavy atom. The van der Waals surface area contributed by atoms with Crippen LogP contribution in [0.2, 0.25) is 0 Å². The summed E-state index contributed by atoms with van der Waals surface area (Å²) in [6.07, 6.45) is 13.9. The molecule has 0 bridgehead atoms. The molecule has 0 aliphatic heterocycles. The van der Waals surface area contributed by atoms with Crippen molar-refractivity contribution in [3.63, 3.8) is 0 Å². The van der Waals surface area contributed by atoms with Crippen LogP contribution in [0.15, 0.2) is 43.0 Å². The molecular formula is C18H25N3. The molecule has 21 heavy (non-hydrogen) atoms. The number of hydrogen-bond donors (Lipinski definition) is 1. The maximum atomic E-state index is 4.09. The predicted molar refractivity (Wildman–Crippen MR) is 86.6 cm³/mol. The van der Waals surface area contributed by atoms with E-state index >= 15 is 0 Å². The van der Waals surface area contributed by atoms with Crippen molar-refractivity contribution in [3.8, 4) is 5.69 Å². The Morgan fingerprint density at radius 1 is 1.10 bits per heavy atom. The van der Waals surface area contributed by atoms with Crippen molar-refractivity contribution >= 4 is 0 Å². The molecule has 2 aromatic rings. The molecule has 1 N–H and O–H groups in total. The molecule has 3 heteroatoms. The topological polar surface area (TPSA) is 29.9 Å². The van der Waals surface area contributed by atoms with E-state index in [1.54, 1.807) is 0 Å². The van der Waals surface area contributed by atoms with E-state index in [0.717, 1.165) is 5.69 Å². The Bertz CT molecular complexity index is 522. The fourth-order valence-electron chi connectivity index (χ4n) is 3.24. The van der Waals surface area contributed by atoms with E-state index in [-0.39, 0.29) is 0 Å². The normalized spacial score (nSPS) is 18.3. The van der Waals surface area contributed by atoms with Crippen LogP contribution in [0.25, 0.3) is 5.69 Å². The zero-order valence-electron chi connectivity index (χ0n) is 12.8. The molecule has 3 nitrogen and oxygen atoms in total. The molecule has 112 valence electrons. The fraction of sp³-hybridized carbons (Fsp3) is 0.500. The van der Waals surface area contributed by atoms with Gasteiger partial charge in [-0.05, 0) is 37.5 Å². The quantitative estimate of drug-likeness (QED) is 0.850. The van der Waals surface area contributed by atoms with E-state index in [1.807, 2.05) is 23.3 Å². The van der Waals surface area contributed by atoms with Gasteiger partial charge in [-0.3, -0.25) is 0 Å². The molecule has 1 aromatic heterocycles. The lowest BCUT2D eigenvalue weighted by atomic mass is 10.0. The molecule has 1 saturated carbocycles. The van der Waals surface area contributed by atoms with Crippen LogP contribution >= 0.6 is 0 Å². The molecule has 0 amide bonds. The molecule has 1 aliphatic carbocycles. The average Bonchev–Trinajstić information content (AvgIpc) is 2.93. The highest BCUT2D eigenvalue weighted by molar-refractivity contribution is 5.35. The molecule has 1 aromatic carbocycles. The van der Waals surface area contributed by atoms with Crippen LogP contribution in [0.3, 0.4) is 0 Å². The molecular weight excluding hydrogens is 258 g/mol. The predicted octanol–water partition coefficient (Wildman–Crippen LogP) is 4.25. The van der Waals surface area contributed by atoms with Gasteiger partial charge in [0.25, 0.3) is 0 Å². The maximum absolute atomic E-state index is 4.09. The minimum atomic E-state index is 0.421. The van der Waals surface area contributed by atoms with E-state index in [9.17, 15) is 0 Å². The van der Waals surface area contributed by atoms with Gasteiger partial charge in [-0.1, -0.05) is 37.8 Å². The monoisotopic (exact) mass is 283 g/mol. The van der Waals surface area contributed by atoms with Crippen molar-refractivity contribution in [1.82, 2.24) is 14.9 Å². The average molecular weight is 283 g/mol. The summed E-state index contributed by atoms with van der Waals surface area (Å²) < 4.78 is 2.03. The van der Waals surface area contributed by atoms with Crippen LogP contribution in [0.5, 0.6) is 0 Å². The van der Waals surface area contributed by atoms with Gasteiger partial charge in [-0.25, -0.2) is 4.98 Å². The number of rotatable bonds is 4. The SMILES string of the molecule is CC(NC1CCCCCC1)c1ccc(-n2ccnc2)cc1. The van der Waals surface area contributed by atoms with Gasteiger partial charge in [0.15, 0.2) is 0 Å². The lowest BCUT2D eigenvalue weighted by Gasteiger charge is -2.22. The van der Waals surface area contributed by atoms with Gasteiger partial charge in [0.2, 0.25) is 0 Å². The van der Waals surface area contributed by atoms with Crippen molar-refractivity contribution < 1.29 is 0 Å². The number of imidazole rings is 1. The standard InChI is InChI=1S/C18H25N3/c1-15(20-17-6-4-2-3-5-7-17)16-8-10-18(11-9-16)21-13-12-19-14-21/h8-15,17,20H,2-7H2,1H3. The molecule has 3 rings (SSSR count). The third kappa shape index (κ3) is 3.73. The first kappa shape index (κ1) is 14.3.